The molecule has 0 radical (unpaired) electrons. The van der Waals surface area contributed by atoms with Crippen molar-refractivity contribution in [2.45, 2.75) is 58.4 Å². The van der Waals surface area contributed by atoms with Gasteiger partial charge in [0.15, 0.2) is 0 Å². The van der Waals surface area contributed by atoms with Gasteiger partial charge >= 0.3 is 12.3 Å². The van der Waals surface area contributed by atoms with Crippen molar-refractivity contribution in [3.05, 3.63) is 29.5 Å². The number of rotatable bonds is 5. The van der Waals surface area contributed by atoms with E-state index >= 15 is 0 Å². The summed E-state index contributed by atoms with van der Waals surface area (Å²) in [6.07, 6.45) is -3.41. The van der Waals surface area contributed by atoms with Crippen LogP contribution in [0.1, 0.15) is 44.9 Å². The third-order valence-electron chi connectivity index (χ3n) is 4.95. The van der Waals surface area contributed by atoms with Crippen LogP contribution in [0.15, 0.2) is 18.2 Å². The Labute approximate surface area is 183 Å². The van der Waals surface area contributed by atoms with E-state index in [0.29, 0.717) is 24.2 Å². The molecule has 0 aliphatic heterocycles. The second-order valence-corrected chi connectivity index (χ2v) is 8.86. The van der Waals surface area contributed by atoms with E-state index in [9.17, 15) is 23.1 Å². The van der Waals surface area contributed by atoms with Gasteiger partial charge in [0.2, 0.25) is 5.95 Å². The van der Waals surface area contributed by atoms with E-state index in [-0.39, 0.29) is 23.2 Å². The maximum atomic E-state index is 12.8. The highest BCUT2D eigenvalue weighted by molar-refractivity contribution is 5.69. The number of halogens is 3. The number of carbonyl (C=O) groups is 1. The highest BCUT2D eigenvalue weighted by Gasteiger charge is 2.32. The van der Waals surface area contributed by atoms with Crippen LogP contribution in [0.4, 0.5) is 23.9 Å². The monoisotopic (exact) mass is 453 g/mol. The maximum absolute atomic E-state index is 12.8. The highest BCUT2D eigenvalue weighted by atomic mass is 19.4. The number of hydrogen-bond donors (Lipinski definition) is 3. The number of alkyl halides is 3. The van der Waals surface area contributed by atoms with Gasteiger partial charge in [-0.25, -0.2) is 9.78 Å². The van der Waals surface area contributed by atoms with E-state index in [0.717, 1.165) is 25.0 Å². The molecule has 3 rings (SSSR count). The predicted molar refractivity (Wildman–Crippen MR) is 111 cm³/mol. The average Bonchev–Trinajstić information content (AvgIpc) is 2.61. The standard InChI is InChI=1S/C21H26F3N5O3/c1-11-17(15-6-5-13(9-16(15)30)21(22,23)24)28-29-18(26-11)25-10-12-7-14(8-12)27-19(31)32-20(2,3)4/h5-6,9,12,14,30H,7-8,10H2,1-4H3,(H,27,31)(H,25,26,29)/t12-,14-. The zero-order valence-electron chi connectivity index (χ0n) is 18.2. The first-order valence-electron chi connectivity index (χ1n) is 10.2. The summed E-state index contributed by atoms with van der Waals surface area (Å²) in [5.74, 6) is 0.0522. The van der Waals surface area contributed by atoms with Crippen molar-refractivity contribution in [2.75, 3.05) is 11.9 Å². The molecule has 174 valence electrons. The van der Waals surface area contributed by atoms with Crippen LogP contribution in [-0.4, -0.2) is 44.6 Å². The summed E-state index contributed by atoms with van der Waals surface area (Å²) in [4.78, 5) is 16.1. The van der Waals surface area contributed by atoms with Crippen LogP contribution < -0.4 is 10.6 Å². The third kappa shape index (κ3) is 5.98. The summed E-state index contributed by atoms with van der Waals surface area (Å²) in [6, 6.07) is 2.74. The van der Waals surface area contributed by atoms with Gasteiger partial charge in [0.1, 0.15) is 17.0 Å². The fraction of sp³-hybridized carbons (Fsp3) is 0.524. The van der Waals surface area contributed by atoms with Crippen molar-refractivity contribution in [1.29, 1.82) is 0 Å². The number of benzene rings is 1. The van der Waals surface area contributed by atoms with E-state index in [1.807, 2.05) is 0 Å². The van der Waals surface area contributed by atoms with Crippen LogP contribution in [-0.2, 0) is 10.9 Å². The number of aromatic nitrogens is 3. The number of phenols is 1. The molecule has 0 atom stereocenters. The van der Waals surface area contributed by atoms with Gasteiger partial charge in [0.05, 0.1) is 11.3 Å². The van der Waals surface area contributed by atoms with Gasteiger partial charge in [-0.15, -0.1) is 10.2 Å². The molecule has 1 amide bonds. The Morgan fingerprint density at radius 2 is 1.91 bits per heavy atom. The number of aromatic hydroxyl groups is 1. The summed E-state index contributed by atoms with van der Waals surface area (Å²) in [7, 11) is 0. The number of nitrogens with zero attached hydrogens (tertiary/aromatic N) is 3. The third-order valence-corrected chi connectivity index (χ3v) is 4.95. The van der Waals surface area contributed by atoms with Crippen molar-refractivity contribution in [3.8, 4) is 17.0 Å². The topological polar surface area (TPSA) is 109 Å². The van der Waals surface area contributed by atoms with Crippen molar-refractivity contribution < 1.29 is 27.8 Å². The number of nitrogens with one attached hydrogen (secondary N) is 2. The zero-order valence-corrected chi connectivity index (χ0v) is 18.2. The lowest BCUT2D eigenvalue weighted by atomic mass is 9.80. The lowest BCUT2D eigenvalue weighted by molar-refractivity contribution is -0.137. The summed E-state index contributed by atoms with van der Waals surface area (Å²) in [6.45, 7) is 7.63. The number of carbonyl (C=O) groups excluding carboxylic acids is 1. The molecular weight excluding hydrogens is 427 g/mol. The number of phenolic OH excluding ortho intramolecular Hbond substituents is 1. The van der Waals surface area contributed by atoms with Crippen LogP contribution in [0.5, 0.6) is 5.75 Å². The number of hydrogen-bond acceptors (Lipinski definition) is 7. The number of alkyl carbamates (subject to hydrolysis) is 1. The Bertz CT molecular complexity index is 986. The van der Waals surface area contributed by atoms with Gasteiger partial charge in [0, 0.05) is 18.2 Å². The van der Waals surface area contributed by atoms with Gasteiger partial charge in [-0.1, -0.05) is 0 Å². The molecule has 8 nitrogen and oxygen atoms in total. The van der Waals surface area contributed by atoms with E-state index in [4.69, 9.17) is 4.74 Å². The lowest BCUT2D eigenvalue weighted by Gasteiger charge is -2.36. The first-order chi connectivity index (χ1) is 14.8. The summed E-state index contributed by atoms with van der Waals surface area (Å²) in [5, 5.41) is 23.9. The van der Waals surface area contributed by atoms with Crippen LogP contribution in [0.25, 0.3) is 11.3 Å². The minimum absolute atomic E-state index is 0.0578. The average molecular weight is 453 g/mol. The van der Waals surface area contributed by atoms with Crippen molar-refractivity contribution in [2.24, 2.45) is 5.92 Å². The molecule has 11 heteroatoms. The van der Waals surface area contributed by atoms with Crippen molar-refractivity contribution in [3.63, 3.8) is 0 Å². The van der Waals surface area contributed by atoms with Gasteiger partial charge in [-0.05, 0) is 64.7 Å². The molecule has 1 heterocycles. The second kappa shape index (κ2) is 8.79. The van der Waals surface area contributed by atoms with E-state index in [1.165, 1.54) is 0 Å². The van der Waals surface area contributed by atoms with Crippen LogP contribution in [0.2, 0.25) is 0 Å². The fourth-order valence-corrected chi connectivity index (χ4v) is 3.37. The van der Waals surface area contributed by atoms with E-state index in [1.54, 1.807) is 27.7 Å². The van der Waals surface area contributed by atoms with Crippen LogP contribution >= 0.6 is 0 Å². The number of ether oxygens (including phenoxy) is 1. The molecule has 1 fully saturated rings. The minimum atomic E-state index is -4.55. The normalized spacial score (nSPS) is 18.6. The fourth-order valence-electron chi connectivity index (χ4n) is 3.37. The Balaban J connectivity index is 1.53. The summed E-state index contributed by atoms with van der Waals surface area (Å²) in [5.41, 5.74) is -0.754. The molecule has 0 spiro atoms. The Kier molecular flexibility index (Phi) is 6.47. The molecule has 3 N–H and O–H groups in total. The van der Waals surface area contributed by atoms with Gasteiger partial charge in [0.25, 0.3) is 0 Å². The van der Waals surface area contributed by atoms with Crippen molar-refractivity contribution in [1.82, 2.24) is 20.5 Å². The van der Waals surface area contributed by atoms with Gasteiger partial charge < -0.3 is 20.5 Å². The molecule has 1 aromatic heterocycles. The molecular formula is C21H26F3N5O3. The molecule has 0 saturated heterocycles. The van der Waals surface area contributed by atoms with Gasteiger partial charge in [-0.2, -0.15) is 13.2 Å². The molecule has 32 heavy (non-hydrogen) atoms. The number of aryl methyl sites for hydroxylation is 1. The Morgan fingerprint density at radius 3 is 2.47 bits per heavy atom. The van der Waals surface area contributed by atoms with Crippen LogP contribution in [0, 0.1) is 12.8 Å². The van der Waals surface area contributed by atoms with E-state index in [2.05, 4.69) is 25.8 Å². The minimum Gasteiger partial charge on any atom is -0.507 e. The molecule has 0 unspecified atom stereocenters. The molecule has 1 aliphatic rings. The highest BCUT2D eigenvalue weighted by Crippen LogP contribution is 2.36. The first-order valence-corrected chi connectivity index (χ1v) is 10.2. The first kappa shape index (κ1) is 23.6. The lowest BCUT2D eigenvalue weighted by Crippen LogP contribution is -2.47. The quantitative estimate of drug-likeness (QED) is 0.620. The summed E-state index contributed by atoms with van der Waals surface area (Å²) >= 11 is 0. The number of anilines is 1. The van der Waals surface area contributed by atoms with Gasteiger partial charge in [-0.3, -0.25) is 0 Å². The smallest absolute Gasteiger partial charge is 0.416 e. The maximum Gasteiger partial charge on any atom is 0.416 e. The van der Waals surface area contributed by atoms with E-state index < -0.39 is 29.2 Å². The SMILES string of the molecule is Cc1nc(NC[C@H]2C[C@H](NC(=O)OC(C)(C)C)C2)nnc1-c1ccc(C(F)(F)F)cc1O. The second-order valence-electron chi connectivity index (χ2n) is 8.86. The predicted octanol–water partition coefficient (Wildman–Crippen LogP) is 4.29. The zero-order chi connectivity index (χ0) is 23.7. The molecule has 1 aromatic carbocycles. The molecule has 0 bridgehead atoms. The van der Waals surface area contributed by atoms with Crippen LogP contribution in [0.3, 0.4) is 0 Å². The molecule has 2 aromatic rings. The number of amides is 1. The summed E-state index contributed by atoms with van der Waals surface area (Å²) < 4.78 is 43.6. The largest absolute Gasteiger partial charge is 0.507 e. The molecule has 1 saturated carbocycles. The Morgan fingerprint density at radius 1 is 1.22 bits per heavy atom. The van der Waals surface area contributed by atoms with Crippen molar-refractivity contribution >= 4 is 12.0 Å². The molecule has 1 aliphatic carbocycles. The Hall–Kier alpha value is -3.11.